The zero-order valence-corrected chi connectivity index (χ0v) is 11.4. The lowest BCUT2D eigenvalue weighted by molar-refractivity contribution is 0.0914. The summed E-state index contributed by atoms with van der Waals surface area (Å²) < 4.78 is 5.16. The maximum atomic E-state index is 11.8. The van der Waals surface area contributed by atoms with Crippen LogP contribution in [0.3, 0.4) is 0 Å². The maximum Gasteiger partial charge on any atom is 0.307 e. The van der Waals surface area contributed by atoms with Crippen LogP contribution >= 0.6 is 0 Å². The van der Waals surface area contributed by atoms with Gasteiger partial charge in [-0.15, -0.1) is 0 Å². The van der Waals surface area contributed by atoms with Gasteiger partial charge < -0.3 is 9.73 Å². The standard InChI is InChI=1S/C13H16N4O2/c1-7-5-15-13(19-7)12(18)14-6-11-8(2)16-10(4)17-9(11)3/h5H,6H2,1-4H3,(H,14,18). The van der Waals surface area contributed by atoms with E-state index in [-0.39, 0.29) is 11.8 Å². The molecule has 2 aromatic rings. The van der Waals surface area contributed by atoms with Crippen LogP contribution in [0.1, 0.15) is 39.2 Å². The first kappa shape index (κ1) is 13.2. The predicted octanol–water partition coefficient (Wildman–Crippen LogP) is 1.63. The lowest BCUT2D eigenvalue weighted by Crippen LogP contribution is -2.24. The molecule has 0 atom stereocenters. The van der Waals surface area contributed by atoms with Crippen LogP contribution in [0.25, 0.3) is 0 Å². The number of hydrogen-bond acceptors (Lipinski definition) is 5. The van der Waals surface area contributed by atoms with E-state index in [0.29, 0.717) is 12.3 Å². The highest BCUT2D eigenvalue weighted by atomic mass is 16.4. The van der Waals surface area contributed by atoms with Crippen molar-refractivity contribution in [2.24, 2.45) is 0 Å². The van der Waals surface area contributed by atoms with E-state index in [1.165, 1.54) is 6.20 Å². The molecule has 2 aromatic heterocycles. The Balaban J connectivity index is 2.09. The number of aromatic nitrogens is 3. The van der Waals surface area contributed by atoms with E-state index in [1.807, 2.05) is 20.8 Å². The van der Waals surface area contributed by atoms with Crippen molar-refractivity contribution >= 4 is 5.91 Å². The molecule has 100 valence electrons. The smallest absolute Gasteiger partial charge is 0.307 e. The first-order valence-corrected chi connectivity index (χ1v) is 5.98. The van der Waals surface area contributed by atoms with E-state index in [1.54, 1.807) is 6.92 Å². The van der Waals surface area contributed by atoms with Crippen molar-refractivity contribution in [3.05, 3.63) is 40.6 Å². The summed E-state index contributed by atoms with van der Waals surface area (Å²) >= 11 is 0. The molecular formula is C13H16N4O2. The van der Waals surface area contributed by atoms with Crippen molar-refractivity contribution < 1.29 is 9.21 Å². The molecule has 0 aromatic carbocycles. The van der Waals surface area contributed by atoms with Crippen LogP contribution in [0.4, 0.5) is 0 Å². The second-order valence-corrected chi connectivity index (χ2v) is 4.38. The number of oxazole rings is 1. The van der Waals surface area contributed by atoms with E-state index >= 15 is 0 Å². The number of hydrogen-bond donors (Lipinski definition) is 1. The number of nitrogens with one attached hydrogen (secondary N) is 1. The minimum Gasteiger partial charge on any atom is -0.438 e. The van der Waals surface area contributed by atoms with Gasteiger partial charge in [-0.25, -0.2) is 15.0 Å². The van der Waals surface area contributed by atoms with Crippen LogP contribution < -0.4 is 5.32 Å². The molecule has 0 aliphatic carbocycles. The van der Waals surface area contributed by atoms with Crippen LogP contribution in [0.2, 0.25) is 0 Å². The first-order chi connectivity index (χ1) is 8.97. The van der Waals surface area contributed by atoms with Gasteiger partial charge in [0.25, 0.3) is 5.89 Å². The van der Waals surface area contributed by atoms with E-state index in [4.69, 9.17) is 4.42 Å². The van der Waals surface area contributed by atoms with Crippen LogP contribution in [-0.4, -0.2) is 20.9 Å². The average Bonchev–Trinajstić information content (AvgIpc) is 2.74. The summed E-state index contributed by atoms with van der Waals surface area (Å²) in [5, 5.41) is 2.75. The highest BCUT2D eigenvalue weighted by molar-refractivity contribution is 5.89. The highest BCUT2D eigenvalue weighted by Gasteiger charge is 2.13. The molecule has 0 radical (unpaired) electrons. The van der Waals surface area contributed by atoms with E-state index in [9.17, 15) is 4.79 Å². The Kier molecular flexibility index (Phi) is 3.59. The molecule has 0 unspecified atom stereocenters. The quantitative estimate of drug-likeness (QED) is 0.907. The minimum absolute atomic E-state index is 0.0702. The predicted molar refractivity (Wildman–Crippen MR) is 68.7 cm³/mol. The second-order valence-electron chi connectivity index (χ2n) is 4.38. The fraction of sp³-hybridized carbons (Fsp3) is 0.385. The van der Waals surface area contributed by atoms with Crippen molar-refractivity contribution in [1.82, 2.24) is 20.3 Å². The number of nitrogens with zero attached hydrogens (tertiary/aromatic N) is 3. The van der Waals surface area contributed by atoms with E-state index < -0.39 is 0 Å². The molecule has 0 saturated heterocycles. The molecule has 2 heterocycles. The third-order valence-corrected chi connectivity index (χ3v) is 2.77. The molecular weight excluding hydrogens is 244 g/mol. The highest BCUT2D eigenvalue weighted by Crippen LogP contribution is 2.10. The first-order valence-electron chi connectivity index (χ1n) is 5.98. The van der Waals surface area contributed by atoms with Crippen LogP contribution in [0, 0.1) is 27.7 Å². The number of carbonyl (C=O) groups excluding carboxylic acids is 1. The van der Waals surface area contributed by atoms with Gasteiger partial charge in [-0.1, -0.05) is 0 Å². The number of carbonyl (C=O) groups is 1. The molecule has 2 rings (SSSR count). The van der Waals surface area contributed by atoms with Crippen LogP contribution in [0.15, 0.2) is 10.6 Å². The Labute approximate surface area is 111 Å². The minimum atomic E-state index is -0.340. The molecule has 19 heavy (non-hydrogen) atoms. The molecule has 0 bridgehead atoms. The molecule has 0 aliphatic rings. The Hall–Kier alpha value is -2.24. The molecule has 6 heteroatoms. The maximum absolute atomic E-state index is 11.8. The lowest BCUT2D eigenvalue weighted by atomic mass is 10.1. The van der Waals surface area contributed by atoms with E-state index in [2.05, 4.69) is 20.3 Å². The summed E-state index contributed by atoms with van der Waals surface area (Å²) in [5.41, 5.74) is 2.66. The summed E-state index contributed by atoms with van der Waals surface area (Å²) in [5.74, 6) is 1.07. The topological polar surface area (TPSA) is 80.9 Å². The van der Waals surface area contributed by atoms with Crippen molar-refractivity contribution in [3.8, 4) is 0 Å². The summed E-state index contributed by atoms with van der Waals surface area (Å²) in [6, 6.07) is 0. The Bertz CT molecular complexity index is 596. The molecule has 0 saturated carbocycles. The van der Waals surface area contributed by atoms with Gasteiger partial charge in [0.1, 0.15) is 11.6 Å². The van der Waals surface area contributed by atoms with Gasteiger partial charge in [0, 0.05) is 23.5 Å². The molecule has 1 amide bonds. The van der Waals surface area contributed by atoms with Crippen LogP contribution in [-0.2, 0) is 6.54 Å². The lowest BCUT2D eigenvalue weighted by Gasteiger charge is -2.09. The van der Waals surface area contributed by atoms with Gasteiger partial charge in [0.15, 0.2) is 0 Å². The number of rotatable bonds is 3. The fourth-order valence-electron chi connectivity index (χ4n) is 1.87. The van der Waals surface area contributed by atoms with Gasteiger partial charge in [0.2, 0.25) is 0 Å². The third-order valence-electron chi connectivity index (χ3n) is 2.77. The van der Waals surface area contributed by atoms with E-state index in [0.717, 1.165) is 22.8 Å². The van der Waals surface area contributed by atoms with Gasteiger partial charge in [-0.3, -0.25) is 4.79 Å². The van der Waals surface area contributed by atoms with Crippen molar-refractivity contribution in [1.29, 1.82) is 0 Å². The van der Waals surface area contributed by atoms with Gasteiger partial charge in [0.05, 0.1) is 6.20 Å². The second kappa shape index (κ2) is 5.17. The Morgan fingerprint density at radius 2 is 1.84 bits per heavy atom. The normalized spacial score (nSPS) is 10.5. The molecule has 0 fully saturated rings. The van der Waals surface area contributed by atoms with Crippen molar-refractivity contribution in [2.75, 3.05) is 0 Å². The molecule has 0 aliphatic heterocycles. The van der Waals surface area contributed by atoms with Gasteiger partial charge in [-0.05, 0) is 27.7 Å². The molecule has 6 nitrogen and oxygen atoms in total. The van der Waals surface area contributed by atoms with Crippen molar-refractivity contribution in [2.45, 2.75) is 34.2 Å². The Morgan fingerprint density at radius 1 is 1.21 bits per heavy atom. The summed E-state index contributed by atoms with van der Waals surface area (Å²) in [6.07, 6.45) is 1.51. The zero-order chi connectivity index (χ0) is 14.0. The largest absolute Gasteiger partial charge is 0.438 e. The third kappa shape index (κ3) is 2.96. The summed E-state index contributed by atoms with van der Waals surface area (Å²) in [6.45, 7) is 7.75. The zero-order valence-electron chi connectivity index (χ0n) is 11.4. The monoisotopic (exact) mass is 260 g/mol. The van der Waals surface area contributed by atoms with Crippen molar-refractivity contribution in [3.63, 3.8) is 0 Å². The van der Waals surface area contributed by atoms with Crippen LogP contribution in [0.5, 0.6) is 0 Å². The summed E-state index contributed by atoms with van der Waals surface area (Å²) in [4.78, 5) is 24.3. The SMILES string of the molecule is Cc1nc(C)c(CNC(=O)c2ncc(C)o2)c(C)n1. The number of amides is 1. The number of aryl methyl sites for hydroxylation is 4. The summed E-state index contributed by atoms with van der Waals surface area (Å²) in [7, 11) is 0. The fourth-order valence-corrected chi connectivity index (χ4v) is 1.87. The molecule has 0 spiro atoms. The van der Waals surface area contributed by atoms with Gasteiger partial charge in [-0.2, -0.15) is 0 Å². The van der Waals surface area contributed by atoms with Gasteiger partial charge >= 0.3 is 5.91 Å². The average molecular weight is 260 g/mol. The molecule has 1 N–H and O–H groups in total. The Morgan fingerprint density at radius 3 is 2.37 bits per heavy atom.